The van der Waals surface area contributed by atoms with Gasteiger partial charge in [0.1, 0.15) is 11.8 Å². The van der Waals surface area contributed by atoms with Crippen LogP contribution in [0.2, 0.25) is 0 Å². The molecule has 0 saturated heterocycles. The van der Waals surface area contributed by atoms with E-state index in [-0.39, 0.29) is 18.4 Å². The molecule has 0 spiro atoms. The predicted molar refractivity (Wildman–Crippen MR) is 132 cm³/mol. The van der Waals surface area contributed by atoms with Gasteiger partial charge in [-0.3, -0.25) is 9.59 Å². The number of halogens is 1. The van der Waals surface area contributed by atoms with E-state index in [0.29, 0.717) is 25.3 Å². The molecule has 3 rings (SSSR count). The van der Waals surface area contributed by atoms with Gasteiger partial charge in [-0.25, -0.2) is 0 Å². The lowest BCUT2D eigenvalue weighted by atomic mass is 10.1. The summed E-state index contributed by atoms with van der Waals surface area (Å²) in [7, 11) is 0. The van der Waals surface area contributed by atoms with E-state index in [1.54, 1.807) is 4.90 Å². The number of hydrogen-bond acceptors (Lipinski definition) is 3. The van der Waals surface area contributed by atoms with E-state index in [4.69, 9.17) is 4.74 Å². The molecule has 0 radical (unpaired) electrons. The van der Waals surface area contributed by atoms with Crippen LogP contribution in [0.3, 0.4) is 0 Å². The zero-order valence-corrected chi connectivity index (χ0v) is 20.3. The number of fused-ring (bicyclic) bond motifs is 1. The molecule has 0 fully saturated rings. The Morgan fingerprint density at radius 2 is 1.75 bits per heavy atom. The van der Waals surface area contributed by atoms with Crippen LogP contribution in [0, 0.1) is 6.92 Å². The number of benzene rings is 3. The second-order valence-corrected chi connectivity index (χ2v) is 8.51. The van der Waals surface area contributed by atoms with E-state index in [2.05, 4.69) is 21.2 Å². The van der Waals surface area contributed by atoms with Gasteiger partial charge in [-0.15, -0.1) is 0 Å². The highest BCUT2D eigenvalue weighted by Crippen LogP contribution is 2.33. The molecule has 3 aromatic carbocycles. The SMILES string of the molecule is CCNC(=O)[C@H](CC)N(Cc1ccc(C)cc1)C(=O)COc1ccc2ccccc2c1Br. The molecule has 0 heterocycles. The molecular formula is C26H29BrN2O3. The number of likely N-dealkylation sites (N-methyl/N-ethyl adjacent to an activating group) is 1. The quantitative estimate of drug-likeness (QED) is 0.440. The maximum Gasteiger partial charge on any atom is 0.261 e. The van der Waals surface area contributed by atoms with Crippen molar-refractivity contribution < 1.29 is 14.3 Å². The molecule has 0 aromatic heterocycles. The van der Waals surface area contributed by atoms with Gasteiger partial charge in [-0.2, -0.15) is 0 Å². The number of carbonyl (C=O) groups excluding carboxylic acids is 2. The third-order valence-electron chi connectivity index (χ3n) is 5.39. The molecule has 0 aliphatic carbocycles. The summed E-state index contributed by atoms with van der Waals surface area (Å²) in [6.07, 6.45) is 0.517. The Hall–Kier alpha value is -2.86. The van der Waals surface area contributed by atoms with Crippen molar-refractivity contribution in [3.8, 4) is 5.75 Å². The van der Waals surface area contributed by atoms with Gasteiger partial charge in [-0.1, -0.05) is 67.1 Å². The standard InChI is InChI=1S/C26H29BrN2O3/c1-4-22(26(31)28-5-2)29(16-19-12-10-18(3)11-13-19)24(30)17-32-23-15-14-20-8-6-7-9-21(20)25(23)27/h6-15,22H,4-5,16-17H2,1-3H3,(H,28,31)/t22-/m0/s1. The molecule has 5 nitrogen and oxygen atoms in total. The van der Waals surface area contributed by atoms with Crippen LogP contribution < -0.4 is 10.1 Å². The molecule has 32 heavy (non-hydrogen) atoms. The number of aryl methyl sites for hydroxylation is 1. The van der Waals surface area contributed by atoms with Gasteiger partial charge in [0, 0.05) is 13.1 Å². The Labute approximate surface area is 197 Å². The maximum absolute atomic E-state index is 13.3. The van der Waals surface area contributed by atoms with Crippen molar-refractivity contribution in [2.75, 3.05) is 13.2 Å². The van der Waals surface area contributed by atoms with E-state index in [0.717, 1.165) is 26.4 Å². The van der Waals surface area contributed by atoms with E-state index in [9.17, 15) is 9.59 Å². The topological polar surface area (TPSA) is 58.6 Å². The van der Waals surface area contributed by atoms with Crippen LogP contribution in [0.4, 0.5) is 0 Å². The first kappa shape index (κ1) is 23.8. The second-order valence-electron chi connectivity index (χ2n) is 7.71. The number of nitrogens with zero attached hydrogens (tertiary/aromatic N) is 1. The molecule has 168 valence electrons. The fourth-order valence-electron chi connectivity index (χ4n) is 3.65. The Morgan fingerprint density at radius 3 is 2.44 bits per heavy atom. The molecule has 0 unspecified atom stereocenters. The molecule has 2 amide bonds. The lowest BCUT2D eigenvalue weighted by molar-refractivity contribution is -0.142. The summed E-state index contributed by atoms with van der Waals surface area (Å²) in [5, 5.41) is 4.95. The molecule has 0 aliphatic rings. The molecule has 3 aromatic rings. The predicted octanol–water partition coefficient (Wildman–Crippen LogP) is 5.23. The van der Waals surface area contributed by atoms with Gasteiger partial charge >= 0.3 is 0 Å². The molecule has 1 atom stereocenters. The van der Waals surface area contributed by atoms with E-state index in [1.165, 1.54) is 0 Å². The molecular weight excluding hydrogens is 468 g/mol. The van der Waals surface area contributed by atoms with Crippen LogP contribution in [-0.4, -0.2) is 35.9 Å². The first-order valence-corrected chi connectivity index (χ1v) is 11.7. The first-order valence-electron chi connectivity index (χ1n) is 10.9. The summed E-state index contributed by atoms with van der Waals surface area (Å²) in [5.74, 6) is 0.212. The van der Waals surface area contributed by atoms with Crippen molar-refractivity contribution >= 4 is 38.5 Å². The van der Waals surface area contributed by atoms with E-state index < -0.39 is 6.04 Å². The lowest BCUT2D eigenvalue weighted by Crippen LogP contribution is -2.50. The fourth-order valence-corrected chi connectivity index (χ4v) is 4.26. The first-order chi connectivity index (χ1) is 15.4. The van der Waals surface area contributed by atoms with Crippen LogP contribution in [0.25, 0.3) is 10.8 Å². The Balaban J connectivity index is 1.81. The van der Waals surface area contributed by atoms with Crippen LogP contribution in [0.5, 0.6) is 5.75 Å². The monoisotopic (exact) mass is 496 g/mol. The highest BCUT2D eigenvalue weighted by molar-refractivity contribution is 9.10. The molecule has 0 bridgehead atoms. The Bertz CT molecular complexity index is 1080. The van der Waals surface area contributed by atoms with Crippen LogP contribution in [-0.2, 0) is 16.1 Å². The number of nitrogens with one attached hydrogen (secondary N) is 1. The van der Waals surface area contributed by atoms with Gasteiger partial charge in [0.2, 0.25) is 5.91 Å². The summed E-state index contributed by atoms with van der Waals surface area (Å²) in [4.78, 5) is 27.6. The normalized spacial score (nSPS) is 11.8. The van der Waals surface area contributed by atoms with Gasteiger partial charge in [0.25, 0.3) is 5.91 Å². The minimum atomic E-state index is -0.563. The Kier molecular flexibility index (Phi) is 8.28. The van der Waals surface area contributed by atoms with Crippen LogP contribution in [0.15, 0.2) is 65.1 Å². The lowest BCUT2D eigenvalue weighted by Gasteiger charge is -2.30. The second kappa shape index (κ2) is 11.1. The highest BCUT2D eigenvalue weighted by Gasteiger charge is 2.28. The Morgan fingerprint density at radius 1 is 1.03 bits per heavy atom. The minimum absolute atomic E-state index is 0.151. The molecule has 0 aliphatic heterocycles. The number of hydrogen-bond donors (Lipinski definition) is 1. The number of carbonyl (C=O) groups is 2. The third kappa shape index (κ3) is 5.68. The van der Waals surface area contributed by atoms with Crippen molar-refractivity contribution in [1.82, 2.24) is 10.2 Å². The average Bonchev–Trinajstić information content (AvgIpc) is 2.80. The van der Waals surface area contributed by atoms with Gasteiger partial charge in [-0.05, 0) is 58.6 Å². The minimum Gasteiger partial charge on any atom is -0.483 e. The maximum atomic E-state index is 13.3. The average molecular weight is 497 g/mol. The highest BCUT2D eigenvalue weighted by atomic mass is 79.9. The summed E-state index contributed by atoms with van der Waals surface area (Å²) in [5.41, 5.74) is 2.12. The summed E-state index contributed by atoms with van der Waals surface area (Å²) < 4.78 is 6.72. The number of ether oxygens (including phenoxy) is 1. The van der Waals surface area contributed by atoms with Crippen molar-refractivity contribution in [2.45, 2.75) is 39.8 Å². The number of rotatable bonds is 9. The van der Waals surface area contributed by atoms with E-state index >= 15 is 0 Å². The summed E-state index contributed by atoms with van der Waals surface area (Å²) >= 11 is 3.60. The summed E-state index contributed by atoms with van der Waals surface area (Å²) in [6.45, 7) is 6.51. The van der Waals surface area contributed by atoms with Crippen molar-refractivity contribution in [2.24, 2.45) is 0 Å². The third-order valence-corrected chi connectivity index (χ3v) is 6.21. The van der Waals surface area contributed by atoms with E-state index in [1.807, 2.05) is 81.4 Å². The molecule has 6 heteroatoms. The molecule has 0 saturated carbocycles. The van der Waals surface area contributed by atoms with Crippen LogP contribution >= 0.6 is 15.9 Å². The van der Waals surface area contributed by atoms with Crippen molar-refractivity contribution in [3.05, 3.63) is 76.3 Å². The summed E-state index contributed by atoms with van der Waals surface area (Å²) in [6, 6.07) is 19.2. The largest absolute Gasteiger partial charge is 0.483 e. The zero-order valence-electron chi connectivity index (χ0n) is 18.7. The fraction of sp³-hybridized carbons (Fsp3) is 0.308. The zero-order chi connectivity index (χ0) is 23.1. The number of amides is 2. The van der Waals surface area contributed by atoms with Crippen molar-refractivity contribution in [3.63, 3.8) is 0 Å². The van der Waals surface area contributed by atoms with Crippen molar-refractivity contribution in [1.29, 1.82) is 0 Å². The van der Waals surface area contributed by atoms with Gasteiger partial charge in [0.15, 0.2) is 6.61 Å². The molecule has 1 N–H and O–H groups in total. The van der Waals surface area contributed by atoms with Gasteiger partial charge in [0.05, 0.1) is 4.47 Å². The smallest absolute Gasteiger partial charge is 0.261 e. The van der Waals surface area contributed by atoms with Gasteiger partial charge < -0.3 is 15.0 Å². The van der Waals surface area contributed by atoms with Crippen LogP contribution in [0.1, 0.15) is 31.4 Å².